The minimum absolute atomic E-state index is 0.235. The van der Waals surface area contributed by atoms with E-state index in [-0.39, 0.29) is 5.54 Å². The van der Waals surface area contributed by atoms with E-state index in [0.717, 1.165) is 11.8 Å². The molecule has 3 unspecified atom stereocenters. The monoisotopic (exact) mass is 392 g/mol. The van der Waals surface area contributed by atoms with Crippen LogP contribution in [0.3, 0.4) is 0 Å². The Labute approximate surface area is 178 Å². The highest BCUT2D eigenvalue weighted by atomic mass is 15.5. The predicted octanol–water partition coefficient (Wildman–Crippen LogP) is 6.69. The average molecular weight is 393 g/mol. The summed E-state index contributed by atoms with van der Waals surface area (Å²) in [5.74, 6) is 1.63. The van der Waals surface area contributed by atoms with Gasteiger partial charge in [0.25, 0.3) is 0 Å². The molecule has 1 aromatic carbocycles. The van der Waals surface area contributed by atoms with E-state index in [9.17, 15) is 0 Å². The number of para-hydroxylation sites is 1. The average Bonchev–Trinajstić information content (AvgIpc) is 3.26. The first-order valence-corrected chi connectivity index (χ1v) is 12.4. The van der Waals surface area contributed by atoms with Gasteiger partial charge in [-0.25, -0.2) is 0 Å². The number of rotatable bonds is 3. The summed E-state index contributed by atoms with van der Waals surface area (Å²) >= 11 is 0. The highest BCUT2D eigenvalue weighted by Gasteiger charge is 2.57. The highest BCUT2D eigenvalue weighted by Crippen LogP contribution is 2.51. The maximum atomic E-state index is 3.01. The van der Waals surface area contributed by atoms with Gasteiger partial charge in [0.1, 0.15) is 0 Å². The van der Waals surface area contributed by atoms with E-state index in [1.165, 1.54) is 75.5 Å². The van der Waals surface area contributed by atoms with E-state index < -0.39 is 0 Å². The van der Waals surface area contributed by atoms with E-state index in [2.05, 4.69) is 67.0 Å². The Morgan fingerprint density at radius 3 is 2.24 bits per heavy atom. The molecule has 29 heavy (non-hydrogen) atoms. The van der Waals surface area contributed by atoms with Crippen LogP contribution in [0.1, 0.15) is 83.6 Å². The molecule has 2 aliphatic heterocycles. The summed E-state index contributed by atoms with van der Waals surface area (Å²) in [6, 6.07) is 10.2. The van der Waals surface area contributed by atoms with Crippen LogP contribution in [0.2, 0.25) is 0 Å². The molecule has 4 atom stereocenters. The van der Waals surface area contributed by atoms with Crippen molar-refractivity contribution in [3.8, 4) is 0 Å². The molecule has 0 aromatic heterocycles. The van der Waals surface area contributed by atoms with Gasteiger partial charge in [-0.05, 0) is 69.9 Å². The van der Waals surface area contributed by atoms with Gasteiger partial charge in [-0.15, -0.1) is 0 Å². The first-order valence-electron chi connectivity index (χ1n) is 12.4. The molecule has 0 N–H and O–H groups in total. The van der Waals surface area contributed by atoms with Gasteiger partial charge in [0.15, 0.2) is 0 Å². The lowest BCUT2D eigenvalue weighted by molar-refractivity contribution is 0.0232. The number of hydrogen-bond donors (Lipinski definition) is 0. The van der Waals surface area contributed by atoms with Crippen molar-refractivity contribution in [2.45, 2.75) is 109 Å². The molecule has 5 rings (SSSR count). The van der Waals surface area contributed by atoms with Crippen molar-refractivity contribution in [2.75, 3.05) is 4.90 Å². The topological polar surface area (TPSA) is 6.48 Å². The zero-order chi connectivity index (χ0) is 20.0. The largest absolute Gasteiger partial charge is 0.351 e. The van der Waals surface area contributed by atoms with Crippen LogP contribution in [-0.2, 0) is 0 Å². The third-order valence-corrected chi connectivity index (χ3v) is 8.91. The predicted molar refractivity (Wildman–Crippen MR) is 123 cm³/mol. The number of hydrogen-bond acceptors (Lipinski definition) is 2. The second-order valence-corrected chi connectivity index (χ2v) is 10.6. The zero-order valence-corrected chi connectivity index (χ0v) is 18.8. The van der Waals surface area contributed by atoms with Crippen LogP contribution < -0.4 is 4.90 Å². The van der Waals surface area contributed by atoms with Gasteiger partial charge in [-0.1, -0.05) is 68.9 Å². The number of anilines is 1. The number of benzene rings is 1. The van der Waals surface area contributed by atoms with Crippen LogP contribution in [0.4, 0.5) is 5.69 Å². The molecule has 1 aromatic rings. The van der Waals surface area contributed by atoms with Crippen molar-refractivity contribution in [3.05, 3.63) is 42.0 Å². The Hall–Kier alpha value is -1.28. The SMILES string of the molecule is Cc1ccccc1N1C(C2CCCCC2)N2C(C=CC2(C)C2CCCCC2)[C@@H]1C. The molecule has 4 aliphatic rings. The van der Waals surface area contributed by atoms with Crippen molar-refractivity contribution >= 4 is 5.69 Å². The molecular formula is C27H40N2. The molecule has 158 valence electrons. The molecule has 2 nitrogen and oxygen atoms in total. The van der Waals surface area contributed by atoms with E-state index in [1.54, 1.807) is 0 Å². The van der Waals surface area contributed by atoms with Crippen LogP contribution in [0, 0.1) is 18.8 Å². The van der Waals surface area contributed by atoms with Crippen molar-refractivity contribution < 1.29 is 0 Å². The molecule has 2 aliphatic carbocycles. The smallest absolute Gasteiger partial charge is 0.0865 e. The molecule has 2 heteroatoms. The summed E-state index contributed by atoms with van der Waals surface area (Å²) in [6.07, 6.45) is 20.0. The third kappa shape index (κ3) is 3.17. The van der Waals surface area contributed by atoms with E-state index in [4.69, 9.17) is 0 Å². The van der Waals surface area contributed by atoms with E-state index in [1.807, 2.05) is 0 Å². The molecule has 2 heterocycles. The summed E-state index contributed by atoms with van der Waals surface area (Å²) in [4.78, 5) is 5.86. The van der Waals surface area contributed by atoms with Crippen molar-refractivity contribution in [1.29, 1.82) is 0 Å². The van der Waals surface area contributed by atoms with Gasteiger partial charge in [-0.2, -0.15) is 0 Å². The summed E-state index contributed by atoms with van der Waals surface area (Å²) in [5.41, 5.74) is 3.15. The Morgan fingerprint density at radius 1 is 0.897 bits per heavy atom. The van der Waals surface area contributed by atoms with Crippen LogP contribution in [0.5, 0.6) is 0 Å². The number of nitrogens with zero attached hydrogens (tertiary/aromatic N) is 2. The quantitative estimate of drug-likeness (QED) is 0.529. The minimum atomic E-state index is 0.235. The first kappa shape index (κ1) is 19.7. The zero-order valence-electron chi connectivity index (χ0n) is 18.8. The van der Waals surface area contributed by atoms with Crippen molar-refractivity contribution in [3.63, 3.8) is 0 Å². The second kappa shape index (κ2) is 7.76. The second-order valence-electron chi connectivity index (χ2n) is 10.6. The molecular weight excluding hydrogens is 352 g/mol. The Kier molecular flexibility index (Phi) is 5.26. The van der Waals surface area contributed by atoms with Gasteiger partial charge >= 0.3 is 0 Å². The van der Waals surface area contributed by atoms with Gasteiger partial charge in [-0.3, -0.25) is 4.90 Å². The Morgan fingerprint density at radius 2 is 1.55 bits per heavy atom. The van der Waals surface area contributed by atoms with Gasteiger partial charge in [0.2, 0.25) is 0 Å². The standard InChI is InChI=1S/C27H40N2/c1-20-12-10-11-17-24(20)28-21(2)25-18-19-27(3,23-15-8-5-9-16-23)29(25)26(28)22-13-6-4-7-14-22/h10-12,17-19,21-23,25-26H,4-9,13-16H2,1-3H3/t21-,25?,26?,27?/m0/s1. The van der Waals surface area contributed by atoms with Crippen molar-refractivity contribution in [1.82, 2.24) is 4.90 Å². The van der Waals surface area contributed by atoms with Crippen LogP contribution >= 0.6 is 0 Å². The number of fused-ring (bicyclic) bond motifs is 1. The Balaban J connectivity index is 1.57. The molecule has 0 bridgehead atoms. The normalized spacial score (nSPS) is 36.7. The molecule has 1 saturated heterocycles. The fourth-order valence-electron chi connectivity index (χ4n) is 7.32. The lowest BCUT2D eigenvalue weighted by Gasteiger charge is -2.49. The lowest BCUT2D eigenvalue weighted by Crippen LogP contribution is -2.57. The first-order chi connectivity index (χ1) is 14.1. The maximum absolute atomic E-state index is 3.01. The lowest BCUT2D eigenvalue weighted by atomic mass is 9.74. The van der Waals surface area contributed by atoms with Gasteiger partial charge in [0, 0.05) is 17.3 Å². The highest BCUT2D eigenvalue weighted by molar-refractivity contribution is 5.57. The number of aryl methyl sites for hydroxylation is 1. The fourth-order valence-corrected chi connectivity index (χ4v) is 7.32. The van der Waals surface area contributed by atoms with Gasteiger partial charge in [0.05, 0.1) is 12.2 Å². The molecule has 2 saturated carbocycles. The fraction of sp³-hybridized carbons (Fsp3) is 0.704. The minimum Gasteiger partial charge on any atom is -0.351 e. The summed E-state index contributed by atoms with van der Waals surface area (Å²) < 4.78 is 0. The molecule has 0 spiro atoms. The summed E-state index contributed by atoms with van der Waals surface area (Å²) in [5, 5.41) is 0. The Bertz CT molecular complexity index is 743. The van der Waals surface area contributed by atoms with E-state index >= 15 is 0 Å². The van der Waals surface area contributed by atoms with Crippen LogP contribution in [0.25, 0.3) is 0 Å². The van der Waals surface area contributed by atoms with Crippen LogP contribution in [0.15, 0.2) is 36.4 Å². The third-order valence-electron chi connectivity index (χ3n) is 8.91. The van der Waals surface area contributed by atoms with E-state index in [0.29, 0.717) is 18.2 Å². The summed E-state index contributed by atoms with van der Waals surface area (Å²) in [7, 11) is 0. The van der Waals surface area contributed by atoms with Gasteiger partial charge < -0.3 is 4.90 Å². The molecule has 0 radical (unpaired) electrons. The summed E-state index contributed by atoms with van der Waals surface area (Å²) in [6.45, 7) is 7.38. The molecule has 3 fully saturated rings. The van der Waals surface area contributed by atoms with Crippen LogP contribution in [-0.4, -0.2) is 28.7 Å². The molecule has 0 amide bonds. The maximum Gasteiger partial charge on any atom is 0.0865 e. The van der Waals surface area contributed by atoms with Crippen molar-refractivity contribution in [2.24, 2.45) is 11.8 Å².